The zero-order chi connectivity index (χ0) is 41.3. The molecule has 2 fully saturated rings. The number of amides is 2. The molecule has 9 rings (SSSR count). The Hall–Kier alpha value is -5.77. The number of aromatic nitrogens is 3. The highest BCUT2D eigenvalue weighted by Gasteiger charge is 2.34. The summed E-state index contributed by atoms with van der Waals surface area (Å²) in [5.74, 6) is -0.310. The minimum Gasteiger partial charge on any atom is -0.379 e. The highest BCUT2D eigenvalue weighted by molar-refractivity contribution is 6.31. The Kier molecular flexibility index (Phi) is 11.3. The minimum absolute atomic E-state index is 0.0344. The van der Waals surface area contributed by atoms with E-state index in [4.69, 9.17) is 32.7 Å². The van der Waals surface area contributed by atoms with Crippen LogP contribution in [0, 0.1) is 13.5 Å². The van der Waals surface area contributed by atoms with Gasteiger partial charge in [-0.2, -0.15) is 5.10 Å². The molecule has 0 N–H and O–H groups in total. The summed E-state index contributed by atoms with van der Waals surface area (Å²) < 4.78 is 15.6. The number of carbonyl (C=O) groups excluding carboxylic acids is 2. The number of rotatable bonds is 9. The van der Waals surface area contributed by atoms with E-state index in [1.54, 1.807) is 17.0 Å². The van der Waals surface area contributed by atoms with Crippen LogP contribution in [0.15, 0.2) is 97.2 Å². The number of benzene rings is 4. The minimum atomic E-state index is -0.232. The maximum absolute atomic E-state index is 15.1. The largest absolute Gasteiger partial charge is 0.379 e. The number of hydrogen-bond donors (Lipinski definition) is 0. The smallest absolute Gasteiger partial charge is 0.260 e. The number of carbonyl (C=O) groups is 2. The van der Waals surface area contributed by atoms with E-state index < -0.39 is 0 Å². The Balaban J connectivity index is 1.08. The monoisotopic (exact) mass is 821 g/mol. The summed E-state index contributed by atoms with van der Waals surface area (Å²) in [6.07, 6.45) is 5.48. The quantitative estimate of drug-likeness (QED) is 0.135. The van der Waals surface area contributed by atoms with Crippen LogP contribution in [0.5, 0.6) is 0 Å². The van der Waals surface area contributed by atoms with Gasteiger partial charge in [0.05, 0.1) is 37.1 Å². The van der Waals surface area contributed by atoms with Crippen LogP contribution in [0.2, 0.25) is 5.02 Å². The highest BCUT2D eigenvalue weighted by atomic mass is 35.5. The Labute approximate surface area is 355 Å². The number of fused-ring (bicyclic) bond motifs is 2. The fourth-order valence-corrected chi connectivity index (χ4v) is 9.19. The first-order valence-corrected chi connectivity index (χ1v) is 21.2. The molecule has 306 valence electrons. The molecule has 0 radical (unpaired) electrons. The van der Waals surface area contributed by atoms with E-state index in [1.807, 2.05) is 95.0 Å². The summed E-state index contributed by atoms with van der Waals surface area (Å²) in [5, 5.41) is 6.08. The Morgan fingerprint density at radius 2 is 1.73 bits per heavy atom. The van der Waals surface area contributed by atoms with Crippen LogP contribution in [-0.4, -0.2) is 81.5 Å². The number of halogens is 1. The van der Waals surface area contributed by atoms with E-state index in [9.17, 15) is 4.79 Å². The van der Waals surface area contributed by atoms with Crippen LogP contribution in [0.25, 0.3) is 27.0 Å². The lowest BCUT2D eigenvalue weighted by Gasteiger charge is -2.40. The molecule has 2 atom stereocenters. The molecule has 2 amide bonds. The van der Waals surface area contributed by atoms with Gasteiger partial charge in [-0.05, 0) is 91.8 Å². The number of para-hydroxylation sites is 1. The Morgan fingerprint density at radius 3 is 2.53 bits per heavy atom. The highest BCUT2D eigenvalue weighted by Crippen LogP contribution is 2.36. The van der Waals surface area contributed by atoms with Gasteiger partial charge in [0.1, 0.15) is 0 Å². The van der Waals surface area contributed by atoms with Gasteiger partial charge in [-0.3, -0.25) is 14.5 Å². The lowest BCUT2D eigenvalue weighted by Crippen LogP contribution is -2.52. The van der Waals surface area contributed by atoms with Crippen molar-refractivity contribution in [2.75, 3.05) is 44.4 Å². The van der Waals surface area contributed by atoms with Gasteiger partial charge in [-0.15, -0.1) is 0 Å². The van der Waals surface area contributed by atoms with Gasteiger partial charge >= 0.3 is 0 Å². The second kappa shape index (κ2) is 17.1. The molecule has 1 unspecified atom stereocenters. The van der Waals surface area contributed by atoms with Crippen molar-refractivity contribution < 1.29 is 19.1 Å². The van der Waals surface area contributed by atoms with Gasteiger partial charge in [0, 0.05) is 91.0 Å². The number of anilines is 1. The lowest BCUT2D eigenvalue weighted by atomic mass is 9.92. The summed E-state index contributed by atoms with van der Waals surface area (Å²) in [4.78, 5) is 40.0. The van der Waals surface area contributed by atoms with E-state index in [0.29, 0.717) is 65.1 Å². The molecular formula is C48H48ClN7O4. The van der Waals surface area contributed by atoms with Crippen molar-refractivity contribution in [1.29, 1.82) is 0 Å². The summed E-state index contributed by atoms with van der Waals surface area (Å²) >= 11 is 6.72. The summed E-state index contributed by atoms with van der Waals surface area (Å²) in [6.45, 7) is 15.0. The summed E-state index contributed by atoms with van der Waals surface area (Å²) in [7, 11) is 1.92. The third-order valence-corrected chi connectivity index (χ3v) is 12.7. The first kappa shape index (κ1) is 39.7. The molecule has 3 aliphatic rings. The number of morpholine rings is 1. The molecular weight excluding hydrogens is 774 g/mol. The average Bonchev–Trinajstić information content (AvgIpc) is 3.85. The maximum Gasteiger partial charge on any atom is 0.260 e. The molecule has 5 heterocycles. The van der Waals surface area contributed by atoms with Gasteiger partial charge in [0.25, 0.3) is 11.8 Å². The van der Waals surface area contributed by atoms with Crippen molar-refractivity contribution >= 4 is 45.7 Å². The zero-order valence-corrected chi connectivity index (χ0v) is 34.8. The average molecular weight is 822 g/mol. The van der Waals surface area contributed by atoms with Crippen molar-refractivity contribution in [1.82, 2.24) is 24.1 Å². The van der Waals surface area contributed by atoms with Crippen LogP contribution in [0.3, 0.4) is 0 Å². The number of hydrogen-bond acceptors (Lipinski definition) is 6. The SMILES string of the molecule is [C-]#[N+]c1ccccc1CN(C(=O)c1cc(-c2cc(Cl)ccc2C(=O)N2Cc3ccccc3C[C@H]2CN2CCOCC2)n(C)c1C)c1ccc2c(cnn2C2CCCCO2)c1. The molecule has 3 aliphatic heterocycles. The lowest BCUT2D eigenvalue weighted by molar-refractivity contribution is -0.0366. The van der Waals surface area contributed by atoms with Gasteiger partial charge in [-0.1, -0.05) is 60.1 Å². The van der Waals surface area contributed by atoms with E-state index in [-0.39, 0.29) is 30.6 Å². The van der Waals surface area contributed by atoms with E-state index in [1.165, 1.54) is 5.56 Å². The zero-order valence-electron chi connectivity index (χ0n) is 34.0. The van der Waals surface area contributed by atoms with Crippen molar-refractivity contribution in [2.24, 2.45) is 7.05 Å². The molecule has 0 bridgehead atoms. The Bertz CT molecular complexity index is 2620. The van der Waals surface area contributed by atoms with Crippen molar-refractivity contribution in [3.05, 3.63) is 147 Å². The molecule has 0 saturated carbocycles. The van der Waals surface area contributed by atoms with Crippen molar-refractivity contribution in [2.45, 2.75) is 58.0 Å². The fourth-order valence-electron chi connectivity index (χ4n) is 9.02. The predicted octanol–water partition coefficient (Wildman–Crippen LogP) is 9.00. The molecule has 11 nitrogen and oxygen atoms in total. The van der Waals surface area contributed by atoms with Gasteiger partial charge in [-0.25, -0.2) is 9.53 Å². The van der Waals surface area contributed by atoms with Gasteiger partial charge in [0.2, 0.25) is 0 Å². The van der Waals surface area contributed by atoms with E-state index in [0.717, 1.165) is 73.0 Å². The molecule has 60 heavy (non-hydrogen) atoms. The van der Waals surface area contributed by atoms with Crippen LogP contribution in [-0.2, 0) is 36.0 Å². The Morgan fingerprint density at radius 1 is 0.933 bits per heavy atom. The molecule has 4 aromatic carbocycles. The third-order valence-electron chi connectivity index (χ3n) is 12.4. The van der Waals surface area contributed by atoms with Crippen molar-refractivity contribution in [3.63, 3.8) is 0 Å². The van der Waals surface area contributed by atoms with Gasteiger partial charge < -0.3 is 23.8 Å². The predicted molar refractivity (Wildman–Crippen MR) is 233 cm³/mol. The first-order valence-electron chi connectivity index (χ1n) is 20.8. The molecule has 0 aliphatic carbocycles. The van der Waals surface area contributed by atoms with Crippen LogP contribution >= 0.6 is 11.6 Å². The maximum atomic E-state index is 15.1. The van der Waals surface area contributed by atoms with Crippen LogP contribution in [0.4, 0.5) is 11.4 Å². The molecule has 12 heteroatoms. The molecule has 2 saturated heterocycles. The van der Waals surface area contributed by atoms with Gasteiger partial charge in [0.15, 0.2) is 11.9 Å². The fraction of sp³-hybridized carbons (Fsp3) is 0.333. The number of nitrogens with zero attached hydrogens (tertiary/aromatic N) is 7. The second-order valence-electron chi connectivity index (χ2n) is 16.0. The normalized spacial score (nSPS) is 18.3. The third kappa shape index (κ3) is 7.72. The number of ether oxygens (including phenoxy) is 2. The molecule has 0 spiro atoms. The first-order chi connectivity index (χ1) is 29.3. The standard InChI is InChI=1S/C48H48ClN7O4/c1-32-41(48(58)54(30-35-12-6-7-13-43(35)50-2)38-16-18-44-36(25-38)28-51-56(44)46-14-8-9-21-60-46)27-45(52(32)3)42-26-37(49)15-17-40(42)47(57)55-29-34-11-5-4-10-33(34)24-39(55)31-53-19-22-59-23-20-53/h4-7,10-13,15-18,25-28,39,46H,8-9,14,19-24,29-31H2,1,3H3/t39-,46?/m0/s1. The van der Waals surface area contributed by atoms with E-state index >= 15 is 4.79 Å². The second-order valence-corrected chi connectivity index (χ2v) is 16.5. The van der Waals surface area contributed by atoms with Crippen LogP contribution < -0.4 is 4.90 Å². The topological polar surface area (TPSA) is 89.4 Å². The summed E-state index contributed by atoms with van der Waals surface area (Å²) in [6, 6.07) is 29.0. The van der Waals surface area contributed by atoms with Crippen LogP contribution in [0.1, 0.15) is 68.6 Å². The summed E-state index contributed by atoms with van der Waals surface area (Å²) in [5.41, 5.74) is 8.35. The van der Waals surface area contributed by atoms with E-state index in [2.05, 4.69) is 27.9 Å². The molecule has 2 aromatic heterocycles. The molecule has 6 aromatic rings. The van der Waals surface area contributed by atoms with Crippen molar-refractivity contribution in [3.8, 4) is 11.3 Å².